The Morgan fingerprint density at radius 1 is 1.50 bits per heavy atom. The monoisotopic (exact) mass is 220 g/mol. The van der Waals surface area contributed by atoms with E-state index in [0.29, 0.717) is 6.42 Å². The molecule has 0 radical (unpaired) electrons. The Hall–Kier alpha value is -1.35. The maximum atomic E-state index is 11.5. The first-order valence-electron chi connectivity index (χ1n) is 5.76. The molecule has 0 saturated heterocycles. The fourth-order valence-corrected chi connectivity index (χ4v) is 1.45. The van der Waals surface area contributed by atoms with Crippen LogP contribution in [-0.4, -0.2) is 11.9 Å². The molecule has 3 heteroatoms. The van der Waals surface area contributed by atoms with Crippen LogP contribution in [0.1, 0.15) is 32.3 Å². The van der Waals surface area contributed by atoms with Crippen LogP contribution in [0.4, 0.5) is 5.69 Å². The normalized spacial score (nSPS) is 12.2. The van der Waals surface area contributed by atoms with Crippen molar-refractivity contribution >= 4 is 11.6 Å². The van der Waals surface area contributed by atoms with Crippen LogP contribution in [0.2, 0.25) is 0 Å². The van der Waals surface area contributed by atoms with E-state index in [0.717, 1.165) is 18.5 Å². The summed E-state index contributed by atoms with van der Waals surface area (Å²) in [5, 5.41) is 2.88. The first kappa shape index (κ1) is 12.7. The van der Waals surface area contributed by atoms with E-state index in [9.17, 15) is 4.79 Å². The summed E-state index contributed by atoms with van der Waals surface area (Å²) in [5.41, 5.74) is 7.70. The third-order valence-corrected chi connectivity index (χ3v) is 2.45. The molecule has 1 unspecified atom stereocenters. The highest BCUT2D eigenvalue weighted by molar-refractivity contribution is 5.90. The van der Waals surface area contributed by atoms with Crippen molar-refractivity contribution in [2.45, 2.75) is 39.2 Å². The largest absolute Gasteiger partial charge is 0.328 e. The molecule has 3 N–H and O–H groups in total. The Morgan fingerprint density at radius 3 is 2.88 bits per heavy atom. The lowest BCUT2D eigenvalue weighted by molar-refractivity contribution is -0.116. The molecule has 3 nitrogen and oxygen atoms in total. The lowest BCUT2D eigenvalue weighted by Gasteiger charge is -2.07. The Bertz CT molecular complexity index is 348. The van der Waals surface area contributed by atoms with Crippen LogP contribution in [-0.2, 0) is 11.2 Å². The molecular weight excluding hydrogens is 200 g/mol. The molecule has 0 aromatic heterocycles. The summed E-state index contributed by atoms with van der Waals surface area (Å²) in [6.07, 6.45) is 2.18. The fourth-order valence-electron chi connectivity index (χ4n) is 1.45. The van der Waals surface area contributed by atoms with Gasteiger partial charge in [0.2, 0.25) is 5.91 Å². The second kappa shape index (κ2) is 6.28. The maximum Gasteiger partial charge on any atom is 0.224 e. The van der Waals surface area contributed by atoms with Crippen molar-refractivity contribution in [1.82, 2.24) is 0 Å². The van der Waals surface area contributed by atoms with Crippen molar-refractivity contribution in [3.8, 4) is 0 Å². The van der Waals surface area contributed by atoms with Gasteiger partial charge in [-0.15, -0.1) is 0 Å². The van der Waals surface area contributed by atoms with E-state index in [1.165, 1.54) is 5.56 Å². The smallest absolute Gasteiger partial charge is 0.224 e. The van der Waals surface area contributed by atoms with Gasteiger partial charge >= 0.3 is 0 Å². The number of hydrogen-bond acceptors (Lipinski definition) is 2. The zero-order valence-electron chi connectivity index (χ0n) is 9.99. The lowest BCUT2D eigenvalue weighted by atomic mass is 10.1. The van der Waals surface area contributed by atoms with Crippen LogP contribution in [0.25, 0.3) is 0 Å². The second-order valence-electron chi connectivity index (χ2n) is 4.12. The van der Waals surface area contributed by atoms with Gasteiger partial charge in [-0.05, 0) is 37.5 Å². The molecule has 0 saturated carbocycles. The molecule has 1 rings (SSSR count). The Kier molecular flexibility index (Phi) is 4.99. The van der Waals surface area contributed by atoms with Gasteiger partial charge in [0.25, 0.3) is 0 Å². The first-order valence-corrected chi connectivity index (χ1v) is 5.76. The summed E-state index contributed by atoms with van der Waals surface area (Å²) < 4.78 is 0. The average molecular weight is 220 g/mol. The van der Waals surface area contributed by atoms with E-state index in [4.69, 9.17) is 5.73 Å². The molecule has 0 aliphatic carbocycles. The van der Waals surface area contributed by atoms with Crippen molar-refractivity contribution in [1.29, 1.82) is 0 Å². The number of aryl methyl sites for hydroxylation is 1. The highest BCUT2D eigenvalue weighted by atomic mass is 16.1. The minimum Gasteiger partial charge on any atom is -0.328 e. The number of carbonyl (C=O) groups excluding carboxylic acids is 1. The Morgan fingerprint density at radius 2 is 2.25 bits per heavy atom. The van der Waals surface area contributed by atoms with Gasteiger partial charge in [0.1, 0.15) is 0 Å². The number of rotatable bonds is 5. The molecule has 0 heterocycles. The Balaban J connectivity index is 2.49. The van der Waals surface area contributed by atoms with Crippen molar-refractivity contribution in [2.24, 2.45) is 5.73 Å². The van der Waals surface area contributed by atoms with E-state index >= 15 is 0 Å². The highest BCUT2D eigenvalue weighted by Crippen LogP contribution is 2.11. The van der Waals surface area contributed by atoms with Crippen molar-refractivity contribution in [3.63, 3.8) is 0 Å². The summed E-state index contributed by atoms with van der Waals surface area (Å²) >= 11 is 0. The lowest BCUT2D eigenvalue weighted by Crippen LogP contribution is -2.19. The zero-order chi connectivity index (χ0) is 12.0. The molecule has 0 bridgehead atoms. The predicted molar refractivity (Wildman–Crippen MR) is 67.3 cm³/mol. The molecule has 0 aliphatic rings. The number of nitrogens with one attached hydrogen (secondary N) is 1. The molecule has 0 spiro atoms. The summed E-state index contributed by atoms with van der Waals surface area (Å²) in [4.78, 5) is 11.5. The van der Waals surface area contributed by atoms with Gasteiger partial charge in [0.15, 0.2) is 0 Å². The molecule has 0 aliphatic heterocycles. The second-order valence-corrected chi connectivity index (χ2v) is 4.12. The van der Waals surface area contributed by atoms with E-state index < -0.39 is 0 Å². The summed E-state index contributed by atoms with van der Waals surface area (Å²) in [6, 6.07) is 8.00. The van der Waals surface area contributed by atoms with Gasteiger partial charge < -0.3 is 11.1 Å². The quantitative estimate of drug-likeness (QED) is 0.800. The maximum absolute atomic E-state index is 11.5. The van der Waals surface area contributed by atoms with E-state index in [1.54, 1.807) is 0 Å². The van der Waals surface area contributed by atoms with Crippen LogP contribution in [0, 0.1) is 0 Å². The molecule has 1 aromatic rings. The number of carbonyl (C=O) groups is 1. The molecule has 0 fully saturated rings. The summed E-state index contributed by atoms with van der Waals surface area (Å²) in [6.45, 7) is 4.00. The van der Waals surface area contributed by atoms with Gasteiger partial charge in [-0.3, -0.25) is 4.79 Å². The van der Waals surface area contributed by atoms with Crippen LogP contribution >= 0.6 is 0 Å². The highest BCUT2D eigenvalue weighted by Gasteiger charge is 2.04. The van der Waals surface area contributed by atoms with Gasteiger partial charge in [-0.1, -0.05) is 19.1 Å². The van der Waals surface area contributed by atoms with E-state index in [1.807, 2.05) is 25.1 Å². The topological polar surface area (TPSA) is 55.1 Å². The molecule has 1 amide bonds. The van der Waals surface area contributed by atoms with Gasteiger partial charge in [-0.2, -0.15) is 0 Å². The predicted octanol–water partition coefficient (Wildman–Crippen LogP) is 2.31. The van der Waals surface area contributed by atoms with Crippen LogP contribution in [0.15, 0.2) is 24.3 Å². The molecule has 16 heavy (non-hydrogen) atoms. The Labute approximate surface area is 97.0 Å². The fraction of sp³-hybridized carbons (Fsp3) is 0.462. The van der Waals surface area contributed by atoms with Gasteiger partial charge in [-0.25, -0.2) is 0 Å². The first-order chi connectivity index (χ1) is 7.61. The van der Waals surface area contributed by atoms with Gasteiger partial charge in [0.05, 0.1) is 0 Å². The number of nitrogens with two attached hydrogens (primary N) is 1. The average Bonchev–Trinajstić information content (AvgIpc) is 2.26. The number of anilines is 1. The van der Waals surface area contributed by atoms with Crippen LogP contribution in [0.3, 0.4) is 0 Å². The molecule has 88 valence electrons. The van der Waals surface area contributed by atoms with E-state index in [2.05, 4.69) is 18.3 Å². The standard InChI is InChI=1S/C13H20N2O/c1-3-11-5-4-6-12(9-11)15-13(16)8-7-10(2)14/h4-6,9-10H,3,7-8,14H2,1-2H3,(H,15,16). The number of benzene rings is 1. The van der Waals surface area contributed by atoms with Crippen LogP contribution < -0.4 is 11.1 Å². The number of hydrogen-bond donors (Lipinski definition) is 2. The van der Waals surface area contributed by atoms with Crippen molar-refractivity contribution in [3.05, 3.63) is 29.8 Å². The summed E-state index contributed by atoms with van der Waals surface area (Å²) in [7, 11) is 0. The third-order valence-electron chi connectivity index (χ3n) is 2.45. The van der Waals surface area contributed by atoms with E-state index in [-0.39, 0.29) is 11.9 Å². The zero-order valence-corrected chi connectivity index (χ0v) is 9.99. The third kappa shape index (κ3) is 4.45. The molecule has 1 aromatic carbocycles. The number of amides is 1. The summed E-state index contributed by atoms with van der Waals surface area (Å²) in [5.74, 6) is 0.0329. The SMILES string of the molecule is CCc1cccc(NC(=O)CCC(C)N)c1. The minimum atomic E-state index is 0.0329. The van der Waals surface area contributed by atoms with Crippen LogP contribution in [0.5, 0.6) is 0 Å². The van der Waals surface area contributed by atoms with Crippen molar-refractivity contribution in [2.75, 3.05) is 5.32 Å². The molecule has 1 atom stereocenters. The van der Waals surface area contributed by atoms with Crippen molar-refractivity contribution < 1.29 is 4.79 Å². The van der Waals surface area contributed by atoms with Gasteiger partial charge in [0, 0.05) is 18.2 Å². The minimum absolute atomic E-state index is 0.0329. The molecular formula is C13H20N2O.